The molecule has 1 aliphatic heterocycles. The van der Waals surface area contributed by atoms with E-state index in [9.17, 15) is 4.79 Å². The Balaban J connectivity index is 2.21. The van der Waals surface area contributed by atoms with E-state index in [0.29, 0.717) is 31.4 Å². The molecule has 7 heteroatoms. The van der Waals surface area contributed by atoms with Crippen molar-refractivity contribution in [1.29, 1.82) is 0 Å². The zero-order chi connectivity index (χ0) is 14.5. The van der Waals surface area contributed by atoms with E-state index in [-0.39, 0.29) is 18.2 Å². The quantitative estimate of drug-likeness (QED) is 0.765. The summed E-state index contributed by atoms with van der Waals surface area (Å²) in [6.45, 7) is 4.85. The molecule has 2 rings (SSSR count). The van der Waals surface area contributed by atoms with Crippen LogP contribution in [-0.2, 0) is 27.2 Å². The summed E-state index contributed by atoms with van der Waals surface area (Å²) in [6.07, 6.45) is 1.06. The van der Waals surface area contributed by atoms with Crippen LogP contribution in [0.25, 0.3) is 0 Å². The van der Waals surface area contributed by atoms with Crippen LogP contribution in [0.15, 0.2) is 0 Å². The van der Waals surface area contributed by atoms with Crippen LogP contribution in [0.3, 0.4) is 0 Å². The molecule has 1 aliphatic rings. The van der Waals surface area contributed by atoms with Crippen LogP contribution in [0, 0.1) is 5.92 Å². The van der Waals surface area contributed by atoms with Crippen molar-refractivity contribution in [1.82, 2.24) is 15.0 Å². The van der Waals surface area contributed by atoms with Crippen LogP contribution in [-0.4, -0.2) is 47.8 Å². The van der Waals surface area contributed by atoms with Gasteiger partial charge in [0.25, 0.3) is 0 Å². The van der Waals surface area contributed by atoms with E-state index in [0.717, 1.165) is 18.7 Å². The molecule has 1 fully saturated rings. The second kappa shape index (κ2) is 6.81. The molecule has 0 aliphatic carbocycles. The highest BCUT2D eigenvalue weighted by Crippen LogP contribution is 2.27. The van der Waals surface area contributed by atoms with Crippen LogP contribution in [0.1, 0.15) is 30.7 Å². The standard InChI is InChI=1S/C13H22N4O3/c1-9(7-19-2)6-17-13(10-3-4-20-8-10)11(15-16-17)5-12(14)18/h9-10H,3-8H2,1-2H3,(H2,14,18). The van der Waals surface area contributed by atoms with Gasteiger partial charge in [0.2, 0.25) is 5.91 Å². The van der Waals surface area contributed by atoms with Crippen molar-refractivity contribution >= 4 is 5.91 Å². The predicted molar refractivity (Wildman–Crippen MR) is 72.1 cm³/mol. The van der Waals surface area contributed by atoms with Gasteiger partial charge in [-0.3, -0.25) is 4.79 Å². The molecule has 7 nitrogen and oxygen atoms in total. The summed E-state index contributed by atoms with van der Waals surface area (Å²) >= 11 is 0. The number of hydrogen-bond donors (Lipinski definition) is 1. The number of carbonyl (C=O) groups is 1. The predicted octanol–water partition coefficient (Wildman–Crippen LogP) is 0.0923. The molecule has 2 heterocycles. The van der Waals surface area contributed by atoms with E-state index >= 15 is 0 Å². The lowest BCUT2D eigenvalue weighted by atomic mass is 10.0. The summed E-state index contributed by atoms with van der Waals surface area (Å²) in [5, 5.41) is 8.31. The summed E-state index contributed by atoms with van der Waals surface area (Å²) in [4.78, 5) is 11.2. The van der Waals surface area contributed by atoms with E-state index in [1.165, 1.54) is 0 Å². The molecule has 20 heavy (non-hydrogen) atoms. The molecule has 1 aromatic rings. The topological polar surface area (TPSA) is 92.3 Å². The van der Waals surface area contributed by atoms with Gasteiger partial charge in [-0.15, -0.1) is 5.10 Å². The average Bonchev–Trinajstić information content (AvgIpc) is 2.98. The smallest absolute Gasteiger partial charge is 0.223 e. The number of ether oxygens (including phenoxy) is 2. The molecule has 1 saturated heterocycles. The number of carbonyl (C=O) groups excluding carboxylic acids is 1. The van der Waals surface area contributed by atoms with Crippen molar-refractivity contribution in [2.75, 3.05) is 26.9 Å². The zero-order valence-corrected chi connectivity index (χ0v) is 12.0. The first-order valence-corrected chi connectivity index (χ1v) is 6.89. The van der Waals surface area contributed by atoms with Crippen LogP contribution in [0.2, 0.25) is 0 Å². The Bertz CT molecular complexity index is 454. The van der Waals surface area contributed by atoms with Gasteiger partial charge in [-0.2, -0.15) is 0 Å². The zero-order valence-electron chi connectivity index (χ0n) is 12.0. The van der Waals surface area contributed by atoms with E-state index in [1.54, 1.807) is 7.11 Å². The molecule has 2 atom stereocenters. The Hall–Kier alpha value is -1.47. The van der Waals surface area contributed by atoms with Crippen molar-refractivity contribution in [3.8, 4) is 0 Å². The van der Waals surface area contributed by atoms with Crippen molar-refractivity contribution in [3.05, 3.63) is 11.4 Å². The molecule has 1 amide bonds. The number of rotatable bonds is 7. The Labute approximate surface area is 118 Å². The number of amides is 1. The summed E-state index contributed by atoms with van der Waals surface area (Å²) in [5.41, 5.74) is 6.95. The van der Waals surface area contributed by atoms with Crippen molar-refractivity contribution in [2.24, 2.45) is 11.7 Å². The van der Waals surface area contributed by atoms with Gasteiger partial charge < -0.3 is 15.2 Å². The van der Waals surface area contributed by atoms with E-state index < -0.39 is 0 Å². The minimum absolute atomic E-state index is 0.129. The maximum atomic E-state index is 11.2. The maximum Gasteiger partial charge on any atom is 0.223 e. The number of aromatic nitrogens is 3. The Kier molecular flexibility index (Phi) is 5.08. The third-order valence-corrected chi connectivity index (χ3v) is 3.44. The molecule has 0 radical (unpaired) electrons. The van der Waals surface area contributed by atoms with Crippen LogP contribution < -0.4 is 5.73 Å². The molecule has 0 bridgehead atoms. The lowest BCUT2D eigenvalue weighted by molar-refractivity contribution is -0.117. The normalized spacial score (nSPS) is 20.2. The Morgan fingerprint density at radius 2 is 2.45 bits per heavy atom. The number of methoxy groups -OCH3 is 1. The van der Waals surface area contributed by atoms with Crippen LogP contribution >= 0.6 is 0 Å². The van der Waals surface area contributed by atoms with Gasteiger partial charge in [0.15, 0.2) is 0 Å². The summed E-state index contributed by atoms with van der Waals surface area (Å²) < 4.78 is 12.5. The monoisotopic (exact) mass is 282 g/mol. The van der Waals surface area contributed by atoms with Crippen LogP contribution in [0.5, 0.6) is 0 Å². The van der Waals surface area contributed by atoms with Crippen molar-refractivity contribution in [2.45, 2.75) is 32.2 Å². The summed E-state index contributed by atoms with van der Waals surface area (Å²) in [6, 6.07) is 0. The van der Waals surface area contributed by atoms with Crippen LogP contribution in [0.4, 0.5) is 0 Å². The van der Waals surface area contributed by atoms with Gasteiger partial charge in [-0.25, -0.2) is 4.68 Å². The maximum absolute atomic E-state index is 11.2. The Morgan fingerprint density at radius 1 is 1.65 bits per heavy atom. The second-order valence-corrected chi connectivity index (χ2v) is 5.37. The first kappa shape index (κ1) is 14.9. The molecule has 112 valence electrons. The highest BCUT2D eigenvalue weighted by atomic mass is 16.5. The first-order chi connectivity index (χ1) is 9.61. The molecular formula is C13H22N4O3. The number of hydrogen-bond acceptors (Lipinski definition) is 5. The van der Waals surface area contributed by atoms with Gasteiger partial charge in [0.1, 0.15) is 0 Å². The molecule has 0 saturated carbocycles. The lowest BCUT2D eigenvalue weighted by Crippen LogP contribution is -2.20. The fraction of sp³-hybridized carbons (Fsp3) is 0.769. The third kappa shape index (κ3) is 3.55. The first-order valence-electron chi connectivity index (χ1n) is 6.89. The van der Waals surface area contributed by atoms with Gasteiger partial charge in [0.05, 0.1) is 31.0 Å². The molecule has 2 unspecified atom stereocenters. The van der Waals surface area contributed by atoms with Gasteiger partial charge in [-0.05, 0) is 12.3 Å². The fourth-order valence-corrected chi connectivity index (χ4v) is 2.61. The van der Waals surface area contributed by atoms with E-state index in [1.807, 2.05) is 4.68 Å². The van der Waals surface area contributed by atoms with Crippen molar-refractivity contribution < 1.29 is 14.3 Å². The van der Waals surface area contributed by atoms with Gasteiger partial charge in [0, 0.05) is 26.2 Å². The number of nitrogens with zero attached hydrogens (tertiary/aromatic N) is 3. The minimum Gasteiger partial charge on any atom is -0.384 e. The highest BCUT2D eigenvalue weighted by molar-refractivity contribution is 5.76. The largest absolute Gasteiger partial charge is 0.384 e. The third-order valence-electron chi connectivity index (χ3n) is 3.44. The van der Waals surface area contributed by atoms with Gasteiger partial charge >= 0.3 is 0 Å². The lowest BCUT2D eigenvalue weighted by Gasteiger charge is -2.15. The SMILES string of the molecule is COCC(C)Cn1nnc(CC(N)=O)c1C1CCOC1. The van der Waals surface area contributed by atoms with E-state index in [4.69, 9.17) is 15.2 Å². The Morgan fingerprint density at radius 3 is 3.05 bits per heavy atom. The second-order valence-electron chi connectivity index (χ2n) is 5.37. The highest BCUT2D eigenvalue weighted by Gasteiger charge is 2.27. The molecule has 0 aromatic carbocycles. The molecule has 1 aromatic heterocycles. The fourth-order valence-electron chi connectivity index (χ4n) is 2.61. The van der Waals surface area contributed by atoms with E-state index in [2.05, 4.69) is 17.2 Å². The summed E-state index contributed by atoms with van der Waals surface area (Å²) in [5.74, 6) is 0.181. The molecule has 0 spiro atoms. The van der Waals surface area contributed by atoms with Gasteiger partial charge in [-0.1, -0.05) is 12.1 Å². The number of nitrogens with two attached hydrogens (primary N) is 1. The molecular weight excluding hydrogens is 260 g/mol. The summed E-state index contributed by atoms with van der Waals surface area (Å²) in [7, 11) is 1.68. The van der Waals surface area contributed by atoms with Crippen molar-refractivity contribution in [3.63, 3.8) is 0 Å². The average molecular weight is 282 g/mol. The minimum atomic E-state index is -0.387. The molecule has 2 N–H and O–H groups in total. The number of primary amides is 1.